The number of rotatable bonds is 5. The topological polar surface area (TPSA) is 27.7 Å². The smallest absolute Gasteiger partial charge is 0.188 e. The lowest BCUT2D eigenvalue weighted by Crippen LogP contribution is -2.24. The molecular formula is C12H14BrClO3. The average Bonchev–Trinajstić information content (AvgIpc) is 2.23. The maximum atomic E-state index is 6.16. The van der Waals surface area contributed by atoms with Crippen LogP contribution in [0.5, 0.6) is 11.5 Å². The van der Waals surface area contributed by atoms with Gasteiger partial charge < -0.3 is 14.2 Å². The van der Waals surface area contributed by atoms with E-state index in [9.17, 15) is 0 Å². The first-order valence-corrected chi connectivity index (χ1v) is 6.65. The fraction of sp³-hybridized carbons (Fsp3) is 0.500. The third-order valence-corrected chi connectivity index (χ3v) is 3.52. The third kappa shape index (κ3) is 3.27. The van der Waals surface area contributed by atoms with Crippen LogP contribution in [0.3, 0.4) is 0 Å². The molecule has 94 valence electrons. The number of benzene rings is 1. The van der Waals surface area contributed by atoms with Crippen molar-refractivity contribution in [2.24, 2.45) is 0 Å². The van der Waals surface area contributed by atoms with Crippen LogP contribution < -0.4 is 9.47 Å². The van der Waals surface area contributed by atoms with Gasteiger partial charge in [-0.3, -0.25) is 0 Å². The lowest BCUT2D eigenvalue weighted by atomic mass is 9.96. The highest BCUT2D eigenvalue weighted by atomic mass is 79.9. The quantitative estimate of drug-likeness (QED) is 0.767. The number of ether oxygens (including phenoxy) is 3. The van der Waals surface area contributed by atoms with E-state index in [1.54, 1.807) is 13.2 Å². The number of hydrogen-bond acceptors (Lipinski definition) is 3. The Labute approximate surface area is 114 Å². The van der Waals surface area contributed by atoms with Crippen LogP contribution in [-0.2, 0) is 4.74 Å². The van der Waals surface area contributed by atoms with E-state index in [1.165, 1.54) is 6.42 Å². The predicted molar refractivity (Wildman–Crippen MR) is 69.9 cm³/mol. The SMILES string of the molecule is COCOc1cc(Cl)c(OC2CCC2)c(Br)c1. The summed E-state index contributed by atoms with van der Waals surface area (Å²) in [6, 6.07) is 3.57. The van der Waals surface area contributed by atoms with Gasteiger partial charge in [0, 0.05) is 13.2 Å². The maximum absolute atomic E-state index is 6.16. The van der Waals surface area contributed by atoms with E-state index in [-0.39, 0.29) is 6.79 Å². The van der Waals surface area contributed by atoms with Gasteiger partial charge in [-0.15, -0.1) is 0 Å². The molecule has 0 aromatic heterocycles. The van der Waals surface area contributed by atoms with Gasteiger partial charge in [0.1, 0.15) is 5.75 Å². The fourth-order valence-electron chi connectivity index (χ4n) is 1.51. The molecule has 17 heavy (non-hydrogen) atoms. The van der Waals surface area contributed by atoms with Gasteiger partial charge in [0.05, 0.1) is 15.6 Å². The minimum Gasteiger partial charge on any atom is -0.488 e. The summed E-state index contributed by atoms with van der Waals surface area (Å²) in [6.45, 7) is 0.200. The molecule has 1 aromatic rings. The third-order valence-electron chi connectivity index (χ3n) is 2.65. The van der Waals surface area contributed by atoms with Gasteiger partial charge in [-0.05, 0) is 41.3 Å². The molecule has 5 heteroatoms. The Balaban J connectivity index is 2.10. The van der Waals surface area contributed by atoms with Gasteiger partial charge in [-0.1, -0.05) is 11.6 Å². The summed E-state index contributed by atoms with van der Waals surface area (Å²) in [7, 11) is 1.57. The van der Waals surface area contributed by atoms with Gasteiger partial charge in [0.15, 0.2) is 12.5 Å². The molecular weight excluding hydrogens is 307 g/mol. The second kappa shape index (κ2) is 5.94. The zero-order valence-electron chi connectivity index (χ0n) is 9.54. The lowest BCUT2D eigenvalue weighted by molar-refractivity contribution is 0.0509. The largest absolute Gasteiger partial charge is 0.488 e. The van der Waals surface area contributed by atoms with Gasteiger partial charge in [-0.2, -0.15) is 0 Å². The molecule has 1 aliphatic carbocycles. The van der Waals surface area contributed by atoms with Crippen molar-refractivity contribution in [3.05, 3.63) is 21.6 Å². The summed E-state index contributed by atoms with van der Waals surface area (Å²) >= 11 is 9.60. The van der Waals surface area contributed by atoms with E-state index in [1.807, 2.05) is 6.07 Å². The molecule has 0 saturated heterocycles. The molecule has 2 rings (SSSR count). The lowest BCUT2D eigenvalue weighted by Gasteiger charge is -2.27. The molecule has 0 aliphatic heterocycles. The highest BCUT2D eigenvalue weighted by molar-refractivity contribution is 9.10. The van der Waals surface area contributed by atoms with Crippen molar-refractivity contribution < 1.29 is 14.2 Å². The molecule has 0 atom stereocenters. The predicted octanol–water partition coefficient (Wildman–Crippen LogP) is 4.02. The Morgan fingerprint density at radius 1 is 1.41 bits per heavy atom. The van der Waals surface area contributed by atoms with Gasteiger partial charge in [0.25, 0.3) is 0 Å². The number of halogens is 2. The van der Waals surface area contributed by atoms with Gasteiger partial charge in [-0.25, -0.2) is 0 Å². The monoisotopic (exact) mass is 320 g/mol. The van der Waals surface area contributed by atoms with Gasteiger partial charge >= 0.3 is 0 Å². The normalized spacial score (nSPS) is 15.5. The van der Waals surface area contributed by atoms with Crippen LogP contribution in [0.1, 0.15) is 19.3 Å². The first kappa shape index (κ1) is 13.0. The molecule has 0 bridgehead atoms. The molecule has 1 aromatic carbocycles. The minimum atomic E-state index is 0.200. The highest BCUT2D eigenvalue weighted by Crippen LogP contribution is 2.39. The van der Waals surface area contributed by atoms with E-state index < -0.39 is 0 Å². The van der Waals surface area contributed by atoms with Crippen molar-refractivity contribution in [3.8, 4) is 11.5 Å². The molecule has 1 aliphatic rings. The number of hydrogen-bond donors (Lipinski definition) is 0. The highest BCUT2D eigenvalue weighted by Gasteiger charge is 2.22. The van der Waals surface area contributed by atoms with Crippen molar-refractivity contribution in [1.29, 1.82) is 0 Å². The Hall–Kier alpha value is -0.450. The van der Waals surface area contributed by atoms with Crippen LogP contribution in [0.15, 0.2) is 16.6 Å². The molecule has 3 nitrogen and oxygen atoms in total. The molecule has 1 fully saturated rings. The summed E-state index contributed by atoms with van der Waals surface area (Å²) in [5.74, 6) is 1.35. The average molecular weight is 322 g/mol. The van der Waals surface area contributed by atoms with Crippen LogP contribution in [0.4, 0.5) is 0 Å². The Bertz CT molecular complexity index is 370. The van der Waals surface area contributed by atoms with Crippen molar-refractivity contribution in [2.75, 3.05) is 13.9 Å². The van der Waals surface area contributed by atoms with E-state index in [0.29, 0.717) is 22.6 Å². The van der Waals surface area contributed by atoms with E-state index in [0.717, 1.165) is 17.3 Å². The molecule has 0 radical (unpaired) electrons. The molecule has 0 amide bonds. The summed E-state index contributed by atoms with van der Waals surface area (Å²) in [6.07, 6.45) is 3.74. The van der Waals surface area contributed by atoms with E-state index in [2.05, 4.69) is 15.9 Å². The molecule has 1 saturated carbocycles. The van der Waals surface area contributed by atoms with E-state index in [4.69, 9.17) is 25.8 Å². The molecule has 0 spiro atoms. The summed E-state index contributed by atoms with van der Waals surface area (Å²) in [4.78, 5) is 0. The molecule has 0 N–H and O–H groups in total. The molecule has 0 unspecified atom stereocenters. The fourth-order valence-corrected chi connectivity index (χ4v) is 2.42. The van der Waals surface area contributed by atoms with Crippen LogP contribution >= 0.6 is 27.5 Å². The van der Waals surface area contributed by atoms with Crippen LogP contribution in [-0.4, -0.2) is 20.0 Å². The zero-order valence-corrected chi connectivity index (χ0v) is 11.9. The first-order chi connectivity index (χ1) is 8.20. The van der Waals surface area contributed by atoms with Crippen LogP contribution in [0.2, 0.25) is 5.02 Å². The van der Waals surface area contributed by atoms with Crippen LogP contribution in [0.25, 0.3) is 0 Å². The number of methoxy groups -OCH3 is 1. The van der Waals surface area contributed by atoms with E-state index >= 15 is 0 Å². The Morgan fingerprint density at radius 3 is 2.71 bits per heavy atom. The summed E-state index contributed by atoms with van der Waals surface area (Å²) in [5, 5.41) is 0.553. The van der Waals surface area contributed by atoms with Gasteiger partial charge in [0.2, 0.25) is 0 Å². The summed E-state index contributed by atoms with van der Waals surface area (Å²) < 4.78 is 16.8. The van der Waals surface area contributed by atoms with Crippen molar-refractivity contribution in [3.63, 3.8) is 0 Å². The van der Waals surface area contributed by atoms with Crippen molar-refractivity contribution in [1.82, 2.24) is 0 Å². The Morgan fingerprint density at radius 2 is 2.18 bits per heavy atom. The maximum Gasteiger partial charge on any atom is 0.188 e. The summed E-state index contributed by atoms with van der Waals surface area (Å²) in [5.41, 5.74) is 0. The van der Waals surface area contributed by atoms with Crippen LogP contribution in [0, 0.1) is 0 Å². The second-order valence-electron chi connectivity index (χ2n) is 3.94. The van der Waals surface area contributed by atoms with Crippen molar-refractivity contribution in [2.45, 2.75) is 25.4 Å². The second-order valence-corrected chi connectivity index (χ2v) is 5.20. The molecule has 0 heterocycles. The Kier molecular flexibility index (Phi) is 4.54. The zero-order chi connectivity index (χ0) is 12.3. The first-order valence-electron chi connectivity index (χ1n) is 5.48. The minimum absolute atomic E-state index is 0.200. The van der Waals surface area contributed by atoms with Crippen molar-refractivity contribution >= 4 is 27.5 Å². The standard InChI is InChI=1S/C12H14BrClO3/c1-15-7-16-9-5-10(13)12(11(14)6-9)17-8-3-2-4-8/h5-6,8H,2-4,7H2,1H3.